The number of aromatic nitrogens is 1. The average molecular weight is 366 g/mol. The topological polar surface area (TPSA) is 68.3 Å². The zero-order chi connectivity index (χ0) is 18.5. The van der Waals surface area contributed by atoms with E-state index in [2.05, 4.69) is 10.3 Å². The van der Waals surface area contributed by atoms with Crippen molar-refractivity contribution in [1.29, 1.82) is 0 Å². The van der Waals surface area contributed by atoms with Gasteiger partial charge in [-0.3, -0.25) is 9.59 Å². The maximum atomic E-state index is 12.3. The highest BCUT2D eigenvalue weighted by molar-refractivity contribution is 7.18. The second-order valence-corrected chi connectivity index (χ2v) is 6.69. The van der Waals surface area contributed by atoms with Gasteiger partial charge in [0.1, 0.15) is 5.75 Å². The number of nitrogens with zero attached hydrogens (tertiary/aromatic N) is 1. The molecule has 5 nitrogen and oxygen atoms in total. The van der Waals surface area contributed by atoms with Crippen molar-refractivity contribution in [2.75, 3.05) is 12.4 Å². The Hall–Kier alpha value is -2.99. The van der Waals surface area contributed by atoms with Crippen LogP contribution in [-0.4, -0.2) is 23.8 Å². The fourth-order valence-electron chi connectivity index (χ4n) is 2.54. The number of ether oxygens (including phenoxy) is 1. The van der Waals surface area contributed by atoms with Crippen molar-refractivity contribution >= 4 is 28.2 Å². The minimum atomic E-state index is -0.193. The van der Waals surface area contributed by atoms with Crippen LogP contribution in [0.2, 0.25) is 0 Å². The first-order chi connectivity index (χ1) is 12.6. The zero-order valence-corrected chi connectivity index (χ0v) is 15.3. The highest BCUT2D eigenvalue weighted by Crippen LogP contribution is 2.31. The van der Waals surface area contributed by atoms with Crippen molar-refractivity contribution in [3.05, 3.63) is 65.0 Å². The molecule has 2 aromatic carbocycles. The van der Waals surface area contributed by atoms with E-state index in [-0.39, 0.29) is 18.1 Å². The standard InChI is InChI=1S/C20H18N2O3S/c1-13(23)19-18(15-8-4-3-5-9-15)22-20(26-19)21-17(24)12-14-7-6-10-16(11-14)25-2/h3-11H,12H2,1-2H3,(H,21,22,24). The summed E-state index contributed by atoms with van der Waals surface area (Å²) >= 11 is 1.19. The Morgan fingerprint density at radius 2 is 1.88 bits per heavy atom. The first kappa shape index (κ1) is 17.8. The lowest BCUT2D eigenvalue weighted by molar-refractivity contribution is -0.115. The van der Waals surface area contributed by atoms with Crippen molar-refractivity contribution in [3.63, 3.8) is 0 Å². The molecule has 0 unspecified atom stereocenters. The Balaban J connectivity index is 1.79. The van der Waals surface area contributed by atoms with E-state index in [1.165, 1.54) is 18.3 Å². The molecule has 0 saturated heterocycles. The number of hydrogen-bond donors (Lipinski definition) is 1. The fraction of sp³-hybridized carbons (Fsp3) is 0.150. The quantitative estimate of drug-likeness (QED) is 0.664. The molecule has 0 spiro atoms. The van der Waals surface area contributed by atoms with E-state index < -0.39 is 0 Å². The lowest BCUT2D eigenvalue weighted by atomic mass is 10.1. The van der Waals surface area contributed by atoms with Gasteiger partial charge < -0.3 is 10.1 Å². The molecule has 0 atom stereocenters. The second kappa shape index (κ2) is 7.93. The molecule has 1 heterocycles. The van der Waals surface area contributed by atoms with Crippen molar-refractivity contribution in [2.45, 2.75) is 13.3 Å². The second-order valence-electron chi connectivity index (χ2n) is 5.70. The van der Waals surface area contributed by atoms with Crippen LogP contribution in [0.4, 0.5) is 5.13 Å². The number of amides is 1. The molecule has 0 aliphatic heterocycles. The van der Waals surface area contributed by atoms with E-state index in [1.807, 2.05) is 54.6 Å². The summed E-state index contributed by atoms with van der Waals surface area (Å²) < 4.78 is 5.17. The molecule has 1 aromatic heterocycles. The summed E-state index contributed by atoms with van der Waals surface area (Å²) in [7, 11) is 1.59. The summed E-state index contributed by atoms with van der Waals surface area (Å²) in [6.07, 6.45) is 0.201. The SMILES string of the molecule is COc1cccc(CC(=O)Nc2nc(-c3ccccc3)c(C(C)=O)s2)c1. The third-order valence-electron chi connectivity index (χ3n) is 3.74. The fourth-order valence-corrected chi connectivity index (χ4v) is 3.43. The third-order valence-corrected chi connectivity index (χ3v) is 4.81. The Morgan fingerprint density at radius 3 is 2.58 bits per heavy atom. The number of benzene rings is 2. The third kappa shape index (κ3) is 4.15. The highest BCUT2D eigenvalue weighted by Gasteiger charge is 2.18. The highest BCUT2D eigenvalue weighted by atomic mass is 32.1. The van der Waals surface area contributed by atoms with Crippen molar-refractivity contribution in [2.24, 2.45) is 0 Å². The normalized spacial score (nSPS) is 10.4. The van der Waals surface area contributed by atoms with E-state index in [9.17, 15) is 9.59 Å². The van der Waals surface area contributed by atoms with Gasteiger partial charge in [0, 0.05) is 12.5 Å². The van der Waals surface area contributed by atoms with Crippen LogP contribution in [0, 0.1) is 0 Å². The number of carbonyl (C=O) groups is 2. The van der Waals surface area contributed by atoms with Crippen molar-refractivity contribution in [1.82, 2.24) is 4.98 Å². The van der Waals surface area contributed by atoms with Crippen LogP contribution in [0.3, 0.4) is 0 Å². The van der Waals surface area contributed by atoms with Gasteiger partial charge in [-0.05, 0) is 17.7 Å². The average Bonchev–Trinajstić information content (AvgIpc) is 3.06. The molecule has 1 N–H and O–H groups in total. The van der Waals surface area contributed by atoms with Gasteiger partial charge >= 0.3 is 0 Å². The molecule has 132 valence electrons. The summed E-state index contributed by atoms with van der Waals surface area (Å²) in [5.41, 5.74) is 2.29. The number of methoxy groups -OCH3 is 1. The Morgan fingerprint density at radius 1 is 1.12 bits per heavy atom. The maximum absolute atomic E-state index is 12.3. The van der Waals surface area contributed by atoms with Crippen LogP contribution in [0.1, 0.15) is 22.2 Å². The first-order valence-corrected chi connectivity index (χ1v) is 8.88. The molecule has 1 amide bonds. The van der Waals surface area contributed by atoms with Crippen LogP contribution in [0.25, 0.3) is 11.3 Å². The van der Waals surface area contributed by atoms with E-state index >= 15 is 0 Å². The number of ketones is 1. The number of rotatable bonds is 6. The minimum absolute atomic E-state index is 0.0744. The number of Topliss-reactive ketones (excluding diaryl/α,β-unsaturated/α-hetero) is 1. The molecule has 6 heteroatoms. The van der Waals surface area contributed by atoms with Gasteiger partial charge in [-0.2, -0.15) is 0 Å². The summed E-state index contributed by atoms with van der Waals surface area (Å²) in [6, 6.07) is 16.8. The summed E-state index contributed by atoms with van der Waals surface area (Å²) in [5.74, 6) is 0.436. The summed E-state index contributed by atoms with van der Waals surface area (Å²) in [4.78, 5) is 29.3. The molecule has 3 rings (SSSR count). The smallest absolute Gasteiger partial charge is 0.230 e. The van der Waals surface area contributed by atoms with Crippen LogP contribution < -0.4 is 10.1 Å². The summed E-state index contributed by atoms with van der Waals surface area (Å²) in [5, 5.41) is 3.21. The molecule has 0 bridgehead atoms. The number of carbonyl (C=O) groups excluding carboxylic acids is 2. The number of thiazole rings is 1. The lowest BCUT2D eigenvalue weighted by Crippen LogP contribution is -2.14. The Labute approximate surface area is 155 Å². The van der Waals surface area contributed by atoms with E-state index in [0.717, 1.165) is 11.1 Å². The van der Waals surface area contributed by atoms with Crippen LogP contribution in [0.5, 0.6) is 5.75 Å². The van der Waals surface area contributed by atoms with E-state index in [4.69, 9.17) is 4.74 Å². The van der Waals surface area contributed by atoms with Gasteiger partial charge in [0.05, 0.1) is 24.1 Å². The van der Waals surface area contributed by atoms with Gasteiger partial charge in [0.15, 0.2) is 10.9 Å². The van der Waals surface area contributed by atoms with Crippen LogP contribution >= 0.6 is 11.3 Å². The van der Waals surface area contributed by atoms with E-state index in [0.29, 0.717) is 21.5 Å². The monoisotopic (exact) mass is 366 g/mol. The molecule has 0 radical (unpaired) electrons. The van der Waals surface area contributed by atoms with Gasteiger partial charge in [-0.25, -0.2) is 4.98 Å². The van der Waals surface area contributed by atoms with Crippen molar-refractivity contribution < 1.29 is 14.3 Å². The molecular weight excluding hydrogens is 348 g/mol. The van der Waals surface area contributed by atoms with E-state index in [1.54, 1.807) is 7.11 Å². The van der Waals surface area contributed by atoms with Crippen molar-refractivity contribution in [3.8, 4) is 17.0 Å². The molecule has 0 fully saturated rings. The zero-order valence-electron chi connectivity index (χ0n) is 14.5. The van der Waals surface area contributed by atoms with Crippen LogP contribution in [0.15, 0.2) is 54.6 Å². The Bertz CT molecular complexity index is 935. The minimum Gasteiger partial charge on any atom is -0.497 e. The Kier molecular flexibility index (Phi) is 5.43. The predicted molar refractivity (Wildman–Crippen MR) is 103 cm³/mol. The van der Waals surface area contributed by atoms with Gasteiger partial charge in [-0.1, -0.05) is 53.8 Å². The molecular formula is C20H18N2O3S. The maximum Gasteiger partial charge on any atom is 0.230 e. The number of hydrogen-bond acceptors (Lipinski definition) is 5. The predicted octanol–water partition coefficient (Wildman–Crippen LogP) is 4.20. The summed E-state index contributed by atoms with van der Waals surface area (Å²) in [6.45, 7) is 1.50. The largest absolute Gasteiger partial charge is 0.497 e. The van der Waals surface area contributed by atoms with Gasteiger partial charge in [0.2, 0.25) is 5.91 Å². The van der Waals surface area contributed by atoms with Gasteiger partial charge in [-0.15, -0.1) is 0 Å². The molecule has 26 heavy (non-hydrogen) atoms. The number of nitrogens with one attached hydrogen (secondary N) is 1. The van der Waals surface area contributed by atoms with Gasteiger partial charge in [0.25, 0.3) is 0 Å². The van der Waals surface area contributed by atoms with Crippen LogP contribution in [-0.2, 0) is 11.2 Å². The molecule has 0 aliphatic rings. The molecule has 3 aromatic rings. The molecule has 0 saturated carbocycles. The molecule has 0 aliphatic carbocycles. The number of anilines is 1. The first-order valence-electron chi connectivity index (χ1n) is 8.07. The lowest BCUT2D eigenvalue weighted by Gasteiger charge is -2.04.